The second-order valence-electron chi connectivity index (χ2n) is 21.4. The fourth-order valence-electron chi connectivity index (χ4n) is 9.02. The lowest BCUT2D eigenvalue weighted by Crippen LogP contribution is -2.39. The van der Waals surface area contributed by atoms with Gasteiger partial charge in [-0.1, -0.05) is 163 Å². The highest BCUT2D eigenvalue weighted by Crippen LogP contribution is 2.26. The van der Waals surface area contributed by atoms with Gasteiger partial charge in [0.1, 0.15) is 18.4 Å². The zero-order valence-corrected chi connectivity index (χ0v) is 52.3. The van der Waals surface area contributed by atoms with Gasteiger partial charge in [-0.05, 0) is 152 Å². The maximum Gasteiger partial charge on any atom is 0.335 e. The molecule has 0 fully saturated rings. The number of ether oxygens (including phenoxy) is 1. The number of aliphatic carboxylic acids is 1. The van der Waals surface area contributed by atoms with Crippen LogP contribution >= 0.6 is 0 Å². The van der Waals surface area contributed by atoms with Crippen LogP contribution in [0.5, 0.6) is 0 Å². The smallest absolute Gasteiger partial charge is 0.335 e. The van der Waals surface area contributed by atoms with E-state index >= 15 is 0 Å². The number of nitrogens with one attached hydrogen (secondary N) is 2. The summed E-state index contributed by atoms with van der Waals surface area (Å²) in [5, 5.41) is 31.9. The summed E-state index contributed by atoms with van der Waals surface area (Å²) >= 11 is 0. The first-order valence-corrected chi connectivity index (χ1v) is 29.2. The number of amides is 2. The molecule has 0 saturated heterocycles. The third-order valence-electron chi connectivity index (χ3n) is 13.9. The highest BCUT2D eigenvalue weighted by Gasteiger charge is 2.19. The lowest BCUT2D eigenvalue weighted by atomic mass is 10.0. The van der Waals surface area contributed by atoms with Gasteiger partial charge < -0.3 is 30.7 Å². The first kappa shape index (κ1) is 71.6. The number of esters is 1. The number of hydrogen-bond donors (Lipinski definition) is 5. The van der Waals surface area contributed by atoms with E-state index in [1.165, 1.54) is 18.1 Å². The highest BCUT2D eigenvalue weighted by atomic mass is 16.5. The van der Waals surface area contributed by atoms with Crippen molar-refractivity contribution in [1.82, 2.24) is 25.3 Å². The van der Waals surface area contributed by atoms with Crippen molar-refractivity contribution in [3.63, 3.8) is 0 Å². The van der Waals surface area contributed by atoms with E-state index in [4.69, 9.17) is 39.3 Å². The normalized spacial score (nSPS) is 11.0. The summed E-state index contributed by atoms with van der Waals surface area (Å²) in [6.45, 7) is 9.19. The van der Waals surface area contributed by atoms with Gasteiger partial charge in [-0.3, -0.25) is 33.9 Å². The Bertz CT molecular complexity index is 3920. The van der Waals surface area contributed by atoms with Crippen molar-refractivity contribution in [2.45, 2.75) is 52.5 Å². The van der Waals surface area contributed by atoms with Crippen LogP contribution in [0.3, 0.4) is 0 Å². The number of rotatable bonds is 23. The molecule has 0 spiro atoms. The van der Waals surface area contributed by atoms with Gasteiger partial charge in [0.15, 0.2) is 0 Å². The zero-order chi connectivity index (χ0) is 67.1. The van der Waals surface area contributed by atoms with Crippen molar-refractivity contribution in [2.75, 3.05) is 47.4 Å². The Morgan fingerprint density at radius 1 is 0.446 bits per heavy atom. The summed E-state index contributed by atoms with van der Waals surface area (Å²) in [6, 6.07) is 57.7. The molecule has 8 aromatic rings. The predicted molar refractivity (Wildman–Crippen MR) is 360 cm³/mol. The summed E-state index contributed by atoms with van der Waals surface area (Å²) in [5.74, 6) is 3.76. The Morgan fingerprint density at radius 3 is 1.02 bits per heavy atom. The number of hydrogen-bond acceptors (Lipinski definition) is 11. The van der Waals surface area contributed by atoms with Crippen LogP contribution < -0.4 is 10.6 Å². The molecule has 0 radical (unpaired) electrons. The molecule has 92 heavy (non-hydrogen) atoms. The molecule has 0 heterocycles. The number of benzene rings is 8. The number of nitrogens with zero attached hydrogens (tertiary/aromatic N) is 3. The van der Waals surface area contributed by atoms with Crippen molar-refractivity contribution < 1.29 is 53.6 Å². The number of aldehydes is 1. The van der Waals surface area contributed by atoms with Crippen molar-refractivity contribution >= 4 is 42.0 Å². The molecule has 0 aliphatic carbocycles. The zero-order valence-electron chi connectivity index (χ0n) is 52.3. The number of carboxylic acid groups (broad SMARTS) is 3. The van der Waals surface area contributed by atoms with Gasteiger partial charge in [-0.25, -0.2) is 14.4 Å². The van der Waals surface area contributed by atoms with Gasteiger partial charge in [0, 0.05) is 36.3 Å². The Balaban J connectivity index is 0.000000226. The number of aromatic carboxylic acids is 2. The first-order valence-electron chi connectivity index (χ1n) is 29.2. The van der Waals surface area contributed by atoms with E-state index in [1.807, 2.05) is 123 Å². The number of terminal acetylenes is 3. The number of carbonyl (C=O) groups excluding carboxylic acids is 4. The van der Waals surface area contributed by atoms with Crippen molar-refractivity contribution in [3.8, 4) is 81.5 Å². The maximum atomic E-state index is 12.4. The predicted octanol–water partition coefficient (Wildman–Crippen LogP) is 11.7. The molecule has 5 N–H and O–H groups in total. The Labute approximate surface area is 538 Å². The van der Waals surface area contributed by atoms with E-state index in [0.717, 1.165) is 76.0 Å². The summed E-state index contributed by atoms with van der Waals surface area (Å²) in [4.78, 5) is 85.7. The van der Waals surface area contributed by atoms with Gasteiger partial charge in [-0.15, -0.1) is 19.3 Å². The average Bonchev–Trinajstić information content (AvgIpc) is 1.04. The second-order valence-corrected chi connectivity index (χ2v) is 21.4. The van der Waals surface area contributed by atoms with E-state index in [2.05, 4.69) is 50.3 Å². The van der Waals surface area contributed by atoms with Crippen LogP contribution in [0.2, 0.25) is 0 Å². The van der Waals surface area contributed by atoms with Crippen LogP contribution in [0.4, 0.5) is 0 Å². The Morgan fingerprint density at radius 2 is 0.739 bits per heavy atom. The molecule has 0 aliphatic heterocycles. The van der Waals surface area contributed by atoms with E-state index in [9.17, 15) is 33.6 Å². The van der Waals surface area contributed by atoms with Crippen molar-refractivity contribution in [2.24, 2.45) is 0 Å². The van der Waals surface area contributed by atoms with E-state index < -0.39 is 41.9 Å². The maximum absolute atomic E-state index is 12.4. The van der Waals surface area contributed by atoms with Gasteiger partial charge in [0.2, 0.25) is 0 Å². The van der Waals surface area contributed by atoms with Crippen LogP contribution in [-0.2, 0) is 34.0 Å². The van der Waals surface area contributed by atoms with E-state index in [1.54, 1.807) is 98.8 Å². The van der Waals surface area contributed by atoms with Crippen LogP contribution in [0.1, 0.15) is 89.3 Å². The molecule has 2 amide bonds. The lowest BCUT2D eigenvalue weighted by Gasteiger charge is -2.14. The third kappa shape index (κ3) is 23.4. The minimum atomic E-state index is -1.07. The Hall–Kier alpha value is -11.2. The molecule has 16 heteroatoms. The molecular formula is C76H75N5O11. The van der Waals surface area contributed by atoms with E-state index in [-0.39, 0.29) is 18.1 Å². The largest absolute Gasteiger partial charge is 0.480 e. The number of carboxylic acids is 3. The molecule has 2 unspecified atom stereocenters. The fraction of sp³-hybridized carbons (Fsp3) is 0.197. The fourth-order valence-corrected chi connectivity index (χ4v) is 9.02. The minimum Gasteiger partial charge on any atom is -0.480 e. The van der Waals surface area contributed by atoms with Gasteiger partial charge >= 0.3 is 23.9 Å². The third-order valence-corrected chi connectivity index (χ3v) is 13.9. The lowest BCUT2D eigenvalue weighted by molar-refractivity contribution is -0.145. The SMILES string of the molecule is C#CCN(C)Cc1ccc(-c2cccc(C(=O)NC(C)C(=O)O)c2)cc1.C#CCN(C)Cc1ccc(-c2cccc(C(=O)NC(C)C(=O)OCC)c2)cc1.C#CCN(C)Cc1ccc(-c2cccc(C(=O)O)c2)cc1.O=Cc1ccc(-c2cccc(C(=O)O)c2)cc1. The molecule has 8 rings (SSSR count). The molecule has 0 saturated carbocycles. The Kier molecular flexibility index (Phi) is 28.7. The molecule has 470 valence electrons. The number of carbonyl (C=O) groups is 7. The van der Waals surface area contributed by atoms with Crippen molar-refractivity contribution in [1.29, 1.82) is 0 Å². The van der Waals surface area contributed by atoms with Gasteiger partial charge in [0.25, 0.3) is 11.8 Å². The second kappa shape index (κ2) is 37.0. The molecule has 2 atom stereocenters. The van der Waals surface area contributed by atoms with Crippen LogP contribution in [-0.4, -0.2) is 131 Å². The van der Waals surface area contributed by atoms with E-state index in [0.29, 0.717) is 41.9 Å². The molecule has 16 nitrogen and oxygen atoms in total. The molecule has 0 bridgehead atoms. The monoisotopic (exact) mass is 1230 g/mol. The molecule has 0 aliphatic rings. The topological polar surface area (TPSA) is 223 Å². The standard InChI is InChI=1S/C23H26N2O3.C21H22N2O3.C18H17NO2.C14H10O3/c1-5-14-25(4)16-18-10-12-19(13-11-18)20-8-7-9-21(15-20)22(26)24-17(3)23(27)28-6-2;1-4-12-23(3)14-16-8-10-17(11-9-16)18-6-5-7-19(13-18)20(24)22-15(2)21(25)26;1-3-11-19(2)13-14-7-9-15(10-8-14)16-5-4-6-17(12-16)18(20)21;15-9-10-4-6-11(7-5-10)12-2-1-3-13(8-12)14(16)17/h1,7-13,15,17H,6,14,16H2,2-4H3,(H,24,26);1,5-11,13,15H,12,14H2,2-3H3,(H,22,24)(H,25,26);1,4-10,12H,11,13H2,2H3,(H,20,21);1-9H,(H,16,17). The summed E-state index contributed by atoms with van der Waals surface area (Å²) < 4.78 is 4.92. The summed E-state index contributed by atoms with van der Waals surface area (Å²) in [6.07, 6.45) is 16.7. The summed E-state index contributed by atoms with van der Waals surface area (Å²) in [5.41, 5.74) is 13.0. The van der Waals surface area contributed by atoms with Crippen molar-refractivity contribution in [3.05, 3.63) is 239 Å². The van der Waals surface area contributed by atoms with Crippen LogP contribution in [0.25, 0.3) is 44.5 Å². The highest BCUT2D eigenvalue weighted by molar-refractivity contribution is 5.98. The van der Waals surface area contributed by atoms with Crippen LogP contribution in [0, 0.1) is 37.0 Å². The van der Waals surface area contributed by atoms with Gasteiger partial charge in [-0.2, -0.15) is 0 Å². The molecule has 0 aromatic heterocycles. The molecule has 8 aromatic carbocycles. The van der Waals surface area contributed by atoms with Gasteiger partial charge in [0.05, 0.1) is 37.4 Å². The van der Waals surface area contributed by atoms with Crippen LogP contribution in [0.15, 0.2) is 194 Å². The minimum absolute atomic E-state index is 0.252. The average molecular weight is 1230 g/mol. The quantitative estimate of drug-likeness (QED) is 0.0228. The first-order chi connectivity index (χ1) is 44.1. The summed E-state index contributed by atoms with van der Waals surface area (Å²) in [7, 11) is 5.92. The molecular weight excluding hydrogens is 1160 g/mol.